The highest BCUT2D eigenvalue weighted by molar-refractivity contribution is 5.96. The Balaban J connectivity index is 1.66. The Morgan fingerprint density at radius 3 is 2.54 bits per heavy atom. The van der Waals surface area contributed by atoms with E-state index >= 15 is 0 Å². The molecule has 1 N–H and O–H groups in total. The Hall–Kier alpha value is -3.67. The van der Waals surface area contributed by atoms with Crippen LogP contribution in [0.3, 0.4) is 0 Å². The van der Waals surface area contributed by atoms with E-state index in [0.717, 1.165) is 33.6 Å². The number of aromatic nitrogens is 3. The van der Waals surface area contributed by atoms with Crippen molar-refractivity contribution in [3.8, 4) is 16.9 Å². The van der Waals surface area contributed by atoms with E-state index in [4.69, 9.17) is 4.74 Å². The fourth-order valence-corrected chi connectivity index (χ4v) is 3.26. The number of ether oxygens (including phenoxy) is 1. The van der Waals surface area contributed by atoms with Crippen molar-refractivity contribution in [3.63, 3.8) is 0 Å². The topological polar surface area (TPSA) is 69.0 Å². The fraction of sp³-hybridized carbons (Fsp3) is 0.136. The predicted octanol–water partition coefficient (Wildman–Crippen LogP) is 4.05. The summed E-state index contributed by atoms with van der Waals surface area (Å²) in [5.74, 6) is 0.659. The Morgan fingerprint density at radius 1 is 1.07 bits per heavy atom. The first kappa shape index (κ1) is 17.7. The number of para-hydroxylation sites is 1. The minimum absolute atomic E-state index is 0.0955. The fourth-order valence-electron chi connectivity index (χ4n) is 3.26. The minimum atomic E-state index is -0.146. The third-order valence-electron chi connectivity index (χ3n) is 4.56. The molecular weight excluding hydrogens is 352 g/mol. The maximum Gasteiger partial charge on any atom is 0.246 e. The molecule has 6 heteroatoms. The van der Waals surface area contributed by atoms with Gasteiger partial charge in [-0.05, 0) is 48.4 Å². The average molecular weight is 372 g/mol. The van der Waals surface area contributed by atoms with Gasteiger partial charge >= 0.3 is 0 Å². The van der Waals surface area contributed by atoms with Crippen molar-refractivity contribution in [3.05, 3.63) is 72.6 Å². The van der Waals surface area contributed by atoms with Gasteiger partial charge in [0, 0.05) is 17.3 Å². The number of carbonyl (C=O) groups is 1. The molecule has 1 amide bonds. The van der Waals surface area contributed by atoms with Gasteiger partial charge in [-0.3, -0.25) is 4.79 Å². The van der Waals surface area contributed by atoms with Gasteiger partial charge in [-0.1, -0.05) is 30.3 Å². The van der Waals surface area contributed by atoms with Crippen LogP contribution in [0, 0.1) is 6.92 Å². The number of anilines is 1. The molecule has 0 aliphatic heterocycles. The van der Waals surface area contributed by atoms with Gasteiger partial charge in [0.25, 0.3) is 0 Å². The summed E-state index contributed by atoms with van der Waals surface area (Å²) in [6.07, 6.45) is 1.74. The molecule has 0 saturated carbocycles. The monoisotopic (exact) mass is 372 g/mol. The lowest BCUT2D eigenvalue weighted by Crippen LogP contribution is -2.19. The zero-order chi connectivity index (χ0) is 19.5. The Labute approximate surface area is 162 Å². The molecule has 0 atom stereocenters. The molecule has 0 bridgehead atoms. The van der Waals surface area contributed by atoms with E-state index in [9.17, 15) is 4.79 Å². The van der Waals surface area contributed by atoms with Crippen molar-refractivity contribution >= 4 is 22.6 Å². The minimum Gasteiger partial charge on any atom is -0.497 e. The van der Waals surface area contributed by atoms with Crippen LogP contribution in [0.5, 0.6) is 5.75 Å². The van der Waals surface area contributed by atoms with E-state index in [0.29, 0.717) is 5.65 Å². The van der Waals surface area contributed by atoms with E-state index in [2.05, 4.69) is 15.4 Å². The molecular formula is C22H20N4O2. The number of pyridine rings is 1. The summed E-state index contributed by atoms with van der Waals surface area (Å²) >= 11 is 0. The number of hydrogen-bond donors (Lipinski definition) is 1. The van der Waals surface area contributed by atoms with Crippen molar-refractivity contribution < 1.29 is 9.53 Å². The van der Waals surface area contributed by atoms with E-state index < -0.39 is 0 Å². The van der Waals surface area contributed by atoms with Gasteiger partial charge in [-0.2, -0.15) is 5.10 Å². The van der Waals surface area contributed by atoms with E-state index in [1.807, 2.05) is 67.6 Å². The van der Waals surface area contributed by atoms with Gasteiger partial charge < -0.3 is 10.1 Å². The number of amides is 1. The maximum atomic E-state index is 12.4. The Kier molecular flexibility index (Phi) is 4.76. The second-order valence-electron chi connectivity index (χ2n) is 6.44. The van der Waals surface area contributed by atoms with Gasteiger partial charge in [0.05, 0.1) is 12.8 Å². The molecule has 0 fully saturated rings. The van der Waals surface area contributed by atoms with Crippen LogP contribution in [0.15, 0.2) is 66.9 Å². The largest absolute Gasteiger partial charge is 0.497 e. The van der Waals surface area contributed by atoms with Gasteiger partial charge in [-0.25, -0.2) is 9.67 Å². The third kappa shape index (κ3) is 3.44. The molecule has 0 aliphatic rings. The van der Waals surface area contributed by atoms with Gasteiger partial charge in [0.15, 0.2) is 5.65 Å². The number of rotatable bonds is 5. The first-order valence-corrected chi connectivity index (χ1v) is 8.97. The molecule has 2 aromatic heterocycles. The lowest BCUT2D eigenvalue weighted by molar-refractivity contribution is -0.116. The summed E-state index contributed by atoms with van der Waals surface area (Å²) in [4.78, 5) is 16.9. The normalized spacial score (nSPS) is 10.8. The summed E-state index contributed by atoms with van der Waals surface area (Å²) in [7, 11) is 1.65. The molecule has 28 heavy (non-hydrogen) atoms. The summed E-state index contributed by atoms with van der Waals surface area (Å²) in [5, 5.41) is 8.39. The number of nitrogens with one attached hydrogen (secondary N) is 1. The van der Waals surface area contributed by atoms with Crippen LogP contribution >= 0.6 is 0 Å². The molecule has 0 unspecified atom stereocenters. The molecule has 2 heterocycles. The number of fused-ring (bicyclic) bond motifs is 1. The standard InChI is InChI=1S/C22H20N4O2/c1-15-21-19(16-8-10-18(28-2)11-9-16)12-13-23-22(21)26(25-15)14-20(27)24-17-6-4-3-5-7-17/h3-13H,14H2,1-2H3,(H,24,27). The first-order chi connectivity index (χ1) is 13.7. The molecule has 4 rings (SSSR count). The molecule has 6 nitrogen and oxygen atoms in total. The summed E-state index contributed by atoms with van der Waals surface area (Å²) in [6, 6.07) is 19.2. The van der Waals surface area contributed by atoms with Crippen molar-refractivity contribution in [2.75, 3.05) is 12.4 Å². The number of methoxy groups -OCH3 is 1. The van der Waals surface area contributed by atoms with E-state index in [-0.39, 0.29) is 12.5 Å². The lowest BCUT2D eigenvalue weighted by Gasteiger charge is -2.07. The smallest absolute Gasteiger partial charge is 0.246 e. The summed E-state index contributed by atoms with van der Waals surface area (Å²) in [5.41, 5.74) is 4.35. The summed E-state index contributed by atoms with van der Waals surface area (Å²) in [6.45, 7) is 2.03. The number of benzene rings is 2. The van der Waals surface area contributed by atoms with Gasteiger partial charge in [-0.15, -0.1) is 0 Å². The zero-order valence-electron chi connectivity index (χ0n) is 15.7. The number of carbonyl (C=O) groups excluding carboxylic acids is 1. The summed E-state index contributed by atoms with van der Waals surface area (Å²) < 4.78 is 6.89. The average Bonchev–Trinajstić information content (AvgIpc) is 3.04. The Morgan fingerprint density at radius 2 is 1.82 bits per heavy atom. The second-order valence-corrected chi connectivity index (χ2v) is 6.44. The van der Waals surface area contributed by atoms with Crippen LogP contribution in [0.2, 0.25) is 0 Å². The molecule has 4 aromatic rings. The molecule has 140 valence electrons. The number of hydrogen-bond acceptors (Lipinski definition) is 4. The van der Waals surface area contributed by atoms with E-state index in [1.165, 1.54) is 0 Å². The zero-order valence-corrected chi connectivity index (χ0v) is 15.7. The van der Waals surface area contributed by atoms with Crippen LogP contribution < -0.4 is 10.1 Å². The van der Waals surface area contributed by atoms with E-state index in [1.54, 1.807) is 18.0 Å². The van der Waals surface area contributed by atoms with Crippen LogP contribution in [0.25, 0.3) is 22.2 Å². The quantitative estimate of drug-likeness (QED) is 0.574. The van der Waals surface area contributed by atoms with Crippen molar-refractivity contribution in [2.24, 2.45) is 0 Å². The van der Waals surface area contributed by atoms with Gasteiger partial charge in [0.2, 0.25) is 5.91 Å². The van der Waals surface area contributed by atoms with Crippen molar-refractivity contribution in [1.82, 2.24) is 14.8 Å². The van der Waals surface area contributed by atoms with Crippen LogP contribution in [-0.4, -0.2) is 27.8 Å². The molecule has 0 aliphatic carbocycles. The predicted molar refractivity (Wildman–Crippen MR) is 109 cm³/mol. The van der Waals surface area contributed by atoms with Crippen molar-refractivity contribution in [2.45, 2.75) is 13.5 Å². The van der Waals surface area contributed by atoms with Gasteiger partial charge in [0.1, 0.15) is 12.3 Å². The third-order valence-corrected chi connectivity index (χ3v) is 4.56. The molecule has 0 radical (unpaired) electrons. The van der Waals surface area contributed by atoms with Crippen LogP contribution in [0.4, 0.5) is 5.69 Å². The van der Waals surface area contributed by atoms with Crippen molar-refractivity contribution in [1.29, 1.82) is 0 Å². The lowest BCUT2D eigenvalue weighted by atomic mass is 10.0. The van der Waals surface area contributed by atoms with Crippen LogP contribution in [0.1, 0.15) is 5.69 Å². The Bertz CT molecular complexity index is 1120. The number of nitrogens with zero attached hydrogens (tertiary/aromatic N) is 3. The molecule has 2 aromatic carbocycles. The highest BCUT2D eigenvalue weighted by Gasteiger charge is 2.16. The number of aryl methyl sites for hydroxylation is 1. The first-order valence-electron chi connectivity index (χ1n) is 8.97. The molecule has 0 spiro atoms. The van der Waals surface area contributed by atoms with Crippen LogP contribution in [-0.2, 0) is 11.3 Å². The molecule has 0 saturated heterocycles. The highest BCUT2D eigenvalue weighted by Crippen LogP contribution is 2.30. The SMILES string of the molecule is COc1ccc(-c2ccnc3c2c(C)nn3CC(=O)Nc2ccccc2)cc1. The highest BCUT2D eigenvalue weighted by atomic mass is 16.5. The second kappa shape index (κ2) is 7.52. The maximum absolute atomic E-state index is 12.4.